The number of aromatic amines is 1. The van der Waals surface area contributed by atoms with Crippen molar-refractivity contribution in [2.75, 3.05) is 16.8 Å². The van der Waals surface area contributed by atoms with Crippen LogP contribution in [0.5, 0.6) is 5.75 Å². The van der Waals surface area contributed by atoms with Crippen LogP contribution in [0.25, 0.3) is 0 Å². The standard InChI is InChI=1S/C34H27BrClN3O5S2/c1-15-4-2-3-5-22(15)37-24(40)14-44-23-11-8-17(36)12-19(23)25-26-20-13-21(29(26)45-31-30(25)46-34(43)38-31)28-27(20)32(41)39(33(28)42)18-9-6-16(35)7-10-18/h2-12,20-21,25-29H,13-14H2,1H3,(H,37,40)(H,38,43)/t20-,21-,25-,26?,27?,28?,29?/m1/s1. The van der Waals surface area contributed by atoms with Gasteiger partial charge in [0.2, 0.25) is 11.8 Å². The smallest absolute Gasteiger partial charge is 0.305 e. The highest BCUT2D eigenvalue weighted by Crippen LogP contribution is 2.69. The van der Waals surface area contributed by atoms with Gasteiger partial charge < -0.3 is 15.0 Å². The van der Waals surface area contributed by atoms with Crippen LogP contribution < -0.4 is 19.8 Å². The molecule has 3 aromatic carbocycles. The van der Waals surface area contributed by atoms with Crippen LogP contribution in [0.2, 0.25) is 5.02 Å². The molecule has 46 heavy (non-hydrogen) atoms. The molecule has 2 aliphatic heterocycles. The third-order valence-electron chi connectivity index (χ3n) is 9.89. The van der Waals surface area contributed by atoms with Crippen LogP contribution in [0.1, 0.15) is 28.3 Å². The van der Waals surface area contributed by atoms with Crippen molar-refractivity contribution in [1.82, 2.24) is 4.98 Å². The molecule has 8 nitrogen and oxygen atoms in total. The second kappa shape index (κ2) is 11.4. The number of carbonyl (C=O) groups excluding carboxylic acids is 3. The molecular formula is C34H27BrClN3O5S2. The number of thioether (sulfide) groups is 1. The lowest BCUT2D eigenvalue weighted by molar-refractivity contribution is -0.123. The number of imide groups is 1. The zero-order valence-electron chi connectivity index (χ0n) is 24.4. The van der Waals surface area contributed by atoms with Gasteiger partial charge in [-0.1, -0.05) is 57.1 Å². The van der Waals surface area contributed by atoms with Gasteiger partial charge in [-0.15, -0.1) is 11.8 Å². The Kier molecular flexibility index (Phi) is 7.43. The van der Waals surface area contributed by atoms with Gasteiger partial charge in [0, 0.05) is 36.8 Å². The zero-order chi connectivity index (χ0) is 31.9. The van der Waals surface area contributed by atoms with Gasteiger partial charge in [0.25, 0.3) is 5.91 Å². The molecule has 4 aliphatic rings. The molecule has 4 aromatic rings. The number of aromatic nitrogens is 1. The van der Waals surface area contributed by atoms with E-state index < -0.39 is 11.8 Å². The van der Waals surface area contributed by atoms with E-state index in [0.717, 1.165) is 43.3 Å². The van der Waals surface area contributed by atoms with E-state index in [0.29, 0.717) is 22.1 Å². The van der Waals surface area contributed by atoms with Crippen molar-refractivity contribution in [2.45, 2.75) is 29.5 Å². The number of carbonyl (C=O) groups is 3. The highest BCUT2D eigenvalue weighted by Gasteiger charge is 2.69. The molecule has 1 saturated heterocycles. The number of ether oxygens (including phenoxy) is 1. The van der Waals surface area contributed by atoms with Crippen molar-refractivity contribution in [3.8, 4) is 5.75 Å². The van der Waals surface area contributed by atoms with E-state index in [1.54, 1.807) is 36.0 Å². The van der Waals surface area contributed by atoms with Gasteiger partial charge in [0.15, 0.2) is 6.61 Å². The molecule has 234 valence electrons. The predicted molar refractivity (Wildman–Crippen MR) is 182 cm³/mol. The summed E-state index contributed by atoms with van der Waals surface area (Å²) in [6, 6.07) is 20.1. The van der Waals surface area contributed by atoms with Gasteiger partial charge in [-0.05, 0) is 85.2 Å². The Bertz CT molecular complexity index is 1980. The maximum Gasteiger partial charge on any atom is 0.305 e. The van der Waals surface area contributed by atoms with E-state index in [9.17, 15) is 19.2 Å². The van der Waals surface area contributed by atoms with E-state index in [4.69, 9.17) is 16.3 Å². The van der Waals surface area contributed by atoms with Crippen molar-refractivity contribution in [3.63, 3.8) is 0 Å². The molecule has 2 saturated carbocycles. The van der Waals surface area contributed by atoms with E-state index >= 15 is 0 Å². The zero-order valence-corrected chi connectivity index (χ0v) is 28.3. The number of nitrogens with one attached hydrogen (secondary N) is 2. The summed E-state index contributed by atoms with van der Waals surface area (Å²) in [4.78, 5) is 58.8. The van der Waals surface area contributed by atoms with Crippen LogP contribution >= 0.6 is 50.6 Å². The third-order valence-corrected chi connectivity index (χ3v) is 13.2. The van der Waals surface area contributed by atoms with Gasteiger partial charge in [0.1, 0.15) is 5.75 Å². The summed E-state index contributed by atoms with van der Waals surface area (Å²) in [5.74, 6) is -1.39. The molecule has 0 spiro atoms. The molecule has 2 aliphatic carbocycles. The number of nitrogens with zero attached hydrogens (tertiary/aromatic N) is 1. The number of hydrogen-bond acceptors (Lipinski definition) is 7. The van der Waals surface area contributed by atoms with Gasteiger partial charge >= 0.3 is 4.87 Å². The van der Waals surface area contributed by atoms with Crippen molar-refractivity contribution in [1.29, 1.82) is 0 Å². The minimum Gasteiger partial charge on any atom is -0.483 e. The normalized spacial score (nSPS) is 27.4. The number of amides is 3. The number of hydrogen-bond donors (Lipinski definition) is 2. The fourth-order valence-electron chi connectivity index (χ4n) is 8.15. The molecular weight excluding hydrogens is 710 g/mol. The Morgan fingerprint density at radius 3 is 2.54 bits per heavy atom. The molecule has 1 aromatic heterocycles. The van der Waals surface area contributed by atoms with E-state index in [2.05, 4.69) is 26.2 Å². The second-order valence-electron chi connectivity index (χ2n) is 12.3. The van der Waals surface area contributed by atoms with Crippen molar-refractivity contribution >= 4 is 79.7 Å². The predicted octanol–water partition coefficient (Wildman–Crippen LogP) is 6.86. The number of H-pyrrole nitrogens is 1. The van der Waals surface area contributed by atoms with Crippen molar-refractivity contribution < 1.29 is 19.1 Å². The minimum atomic E-state index is -0.439. The van der Waals surface area contributed by atoms with E-state index in [1.807, 2.05) is 49.4 Å². The number of halogens is 2. The van der Waals surface area contributed by atoms with Gasteiger partial charge in [-0.3, -0.25) is 24.1 Å². The van der Waals surface area contributed by atoms with Crippen LogP contribution in [0.15, 0.2) is 81.0 Å². The topological polar surface area (TPSA) is 109 Å². The van der Waals surface area contributed by atoms with E-state index in [1.165, 1.54) is 4.90 Å². The van der Waals surface area contributed by atoms with Crippen LogP contribution in [-0.2, 0) is 14.4 Å². The summed E-state index contributed by atoms with van der Waals surface area (Å²) >= 11 is 12.8. The molecule has 2 bridgehead atoms. The number of para-hydroxylation sites is 1. The fourth-order valence-corrected chi connectivity index (χ4v) is 11.5. The Hall–Kier alpha value is -3.38. The van der Waals surface area contributed by atoms with Gasteiger partial charge in [-0.2, -0.15) is 0 Å². The van der Waals surface area contributed by atoms with Crippen LogP contribution in [0.3, 0.4) is 0 Å². The summed E-state index contributed by atoms with van der Waals surface area (Å²) in [5.41, 5.74) is 3.01. The Morgan fingerprint density at radius 2 is 1.78 bits per heavy atom. The average Bonchev–Trinajstić information content (AvgIpc) is 3.77. The summed E-state index contributed by atoms with van der Waals surface area (Å²) in [6.45, 7) is 1.70. The molecule has 3 amide bonds. The number of aryl methyl sites for hydroxylation is 1. The lowest BCUT2D eigenvalue weighted by Gasteiger charge is -2.43. The fraction of sp³-hybridized carbons (Fsp3) is 0.294. The first-order valence-electron chi connectivity index (χ1n) is 15.0. The summed E-state index contributed by atoms with van der Waals surface area (Å²) in [5, 5.41) is 4.20. The quantitative estimate of drug-likeness (QED) is 0.210. The first kappa shape index (κ1) is 30.0. The Labute approximate surface area is 286 Å². The number of fused-ring (bicyclic) bond motifs is 9. The summed E-state index contributed by atoms with van der Waals surface area (Å²) in [6.07, 6.45) is 0.759. The molecule has 7 atom stereocenters. The number of anilines is 2. The lowest BCUT2D eigenvalue weighted by atomic mass is 9.68. The third kappa shape index (κ3) is 4.77. The molecule has 2 N–H and O–H groups in total. The Balaban J connectivity index is 1.15. The maximum atomic E-state index is 14.1. The number of benzene rings is 3. The number of rotatable bonds is 6. The summed E-state index contributed by atoms with van der Waals surface area (Å²) < 4.78 is 7.05. The Morgan fingerprint density at radius 1 is 1.04 bits per heavy atom. The molecule has 4 unspecified atom stereocenters. The summed E-state index contributed by atoms with van der Waals surface area (Å²) in [7, 11) is 0. The highest BCUT2D eigenvalue weighted by atomic mass is 79.9. The molecule has 0 radical (unpaired) electrons. The second-order valence-corrected chi connectivity index (χ2v) is 15.8. The van der Waals surface area contributed by atoms with Crippen molar-refractivity contribution in [2.24, 2.45) is 29.6 Å². The van der Waals surface area contributed by atoms with E-state index in [-0.39, 0.29) is 58.1 Å². The minimum absolute atomic E-state index is 0.00630. The number of thiazole rings is 1. The molecule has 3 fully saturated rings. The molecule has 12 heteroatoms. The van der Waals surface area contributed by atoms with Crippen LogP contribution in [-0.4, -0.2) is 34.6 Å². The molecule has 3 heterocycles. The van der Waals surface area contributed by atoms with Crippen LogP contribution in [0, 0.1) is 36.5 Å². The monoisotopic (exact) mass is 735 g/mol. The SMILES string of the molecule is Cc1ccccc1NC(=O)COc1ccc(Cl)cc1[C@H]1c2sc(=O)[nH]c2SC2C1[C@H]1C[C@@H]2C2C(=O)N(c3ccc(Br)cc3)C(=O)C21. The maximum absolute atomic E-state index is 14.1. The van der Waals surface area contributed by atoms with Gasteiger partial charge in [0.05, 0.1) is 22.5 Å². The largest absolute Gasteiger partial charge is 0.483 e. The lowest BCUT2D eigenvalue weighted by Crippen LogP contribution is -2.42. The average molecular weight is 737 g/mol. The van der Waals surface area contributed by atoms with Crippen LogP contribution in [0.4, 0.5) is 11.4 Å². The van der Waals surface area contributed by atoms with Crippen molar-refractivity contribution in [3.05, 3.63) is 102 Å². The first-order chi connectivity index (χ1) is 22.2. The first-order valence-corrected chi connectivity index (χ1v) is 17.9. The highest BCUT2D eigenvalue weighted by molar-refractivity contribution is 9.10. The van der Waals surface area contributed by atoms with Gasteiger partial charge in [-0.25, -0.2) is 0 Å². The molecule has 8 rings (SSSR count).